The lowest BCUT2D eigenvalue weighted by Gasteiger charge is -2.36. The minimum atomic E-state index is -0.604. The van der Waals surface area contributed by atoms with Crippen molar-refractivity contribution in [3.05, 3.63) is 71.3 Å². The standard InChI is InChI=1S/C27H29N5O2S/c1-3-4-5-8-15-34-19-13-11-18(12-14-19)27(2)16-20(23(25(33)31-27)24-28-17-29-32-24)26-30-21-9-6-7-10-22(21)35-26/h6-7,9-14,17H,3-5,8,15-16H2,1-2H3,(H,31,33)(H,28,29,32)/t27-/m0/s1. The first-order valence-corrected chi connectivity index (χ1v) is 12.9. The van der Waals surface area contributed by atoms with Crippen molar-refractivity contribution >= 4 is 38.6 Å². The van der Waals surface area contributed by atoms with E-state index in [9.17, 15) is 4.79 Å². The first-order valence-electron chi connectivity index (χ1n) is 12.1. The number of aromatic amines is 1. The largest absolute Gasteiger partial charge is 0.494 e. The van der Waals surface area contributed by atoms with Crippen molar-refractivity contribution < 1.29 is 9.53 Å². The molecule has 2 aromatic heterocycles. The van der Waals surface area contributed by atoms with Crippen LogP contribution in [0.4, 0.5) is 0 Å². The van der Waals surface area contributed by atoms with Gasteiger partial charge in [-0.25, -0.2) is 4.98 Å². The van der Waals surface area contributed by atoms with Crippen LogP contribution in [0.1, 0.15) is 62.3 Å². The number of para-hydroxylation sites is 1. The average Bonchev–Trinajstić information content (AvgIpc) is 3.54. The Hall–Kier alpha value is -3.52. The van der Waals surface area contributed by atoms with E-state index in [1.807, 2.05) is 48.5 Å². The van der Waals surface area contributed by atoms with E-state index in [1.165, 1.54) is 25.6 Å². The summed E-state index contributed by atoms with van der Waals surface area (Å²) in [6.07, 6.45) is 6.76. The van der Waals surface area contributed by atoms with Crippen molar-refractivity contribution in [2.45, 2.75) is 51.5 Å². The summed E-state index contributed by atoms with van der Waals surface area (Å²) < 4.78 is 7.00. The highest BCUT2D eigenvalue weighted by atomic mass is 32.1. The van der Waals surface area contributed by atoms with Gasteiger partial charge in [0.1, 0.15) is 17.1 Å². The SMILES string of the molecule is CCCCCCOc1ccc([C@]2(C)CC(c3nc4ccccc4s3)=C(c3nnc[nH]3)C(=O)N2)cc1. The second kappa shape index (κ2) is 10.00. The van der Waals surface area contributed by atoms with Crippen LogP contribution in [0.5, 0.6) is 5.75 Å². The topological polar surface area (TPSA) is 92.8 Å². The minimum absolute atomic E-state index is 0.194. The van der Waals surface area contributed by atoms with E-state index >= 15 is 0 Å². The molecule has 0 unspecified atom stereocenters. The summed E-state index contributed by atoms with van der Waals surface area (Å²) in [5.74, 6) is 1.10. The molecule has 0 radical (unpaired) electrons. The molecule has 0 aliphatic carbocycles. The maximum Gasteiger partial charge on any atom is 0.256 e. The van der Waals surface area contributed by atoms with Crippen molar-refractivity contribution in [3.63, 3.8) is 0 Å². The molecule has 1 aliphatic heterocycles. The van der Waals surface area contributed by atoms with Crippen LogP contribution in [0.25, 0.3) is 21.4 Å². The number of rotatable bonds is 9. The number of hydrogen-bond acceptors (Lipinski definition) is 6. The van der Waals surface area contributed by atoms with Crippen LogP contribution in [-0.4, -0.2) is 32.7 Å². The number of thiazole rings is 1. The predicted octanol–water partition coefficient (Wildman–Crippen LogP) is 5.72. The number of fused-ring (bicyclic) bond motifs is 1. The normalized spacial score (nSPS) is 18.2. The van der Waals surface area contributed by atoms with Gasteiger partial charge in [0.25, 0.3) is 5.91 Å². The summed E-state index contributed by atoms with van der Waals surface area (Å²) in [6.45, 7) is 4.98. The fraction of sp³-hybridized carbons (Fsp3) is 0.333. The maximum atomic E-state index is 13.5. The van der Waals surface area contributed by atoms with Gasteiger partial charge in [0, 0.05) is 12.0 Å². The molecule has 7 nitrogen and oxygen atoms in total. The third kappa shape index (κ3) is 4.84. The lowest BCUT2D eigenvalue weighted by molar-refractivity contribution is -0.117. The molecule has 1 amide bonds. The van der Waals surface area contributed by atoms with Crippen LogP contribution < -0.4 is 10.1 Å². The van der Waals surface area contributed by atoms with E-state index in [0.717, 1.165) is 45.1 Å². The molecule has 2 aromatic carbocycles. The number of nitrogens with one attached hydrogen (secondary N) is 2. The molecule has 8 heteroatoms. The van der Waals surface area contributed by atoms with Gasteiger partial charge in [-0.05, 0) is 43.2 Å². The van der Waals surface area contributed by atoms with Gasteiger partial charge in [0.15, 0.2) is 5.82 Å². The molecule has 5 rings (SSSR count). The van der Waals surface area contributed by atoms with Crippen molar-refractivity contribution in [1.29, 1.82) is 0 Å². The predicted molar refractivity (Wildman–Crippen MR) is 139 cm³/mol. The lowest BCUT2D eigenvalue weighted by atomic mass is 9.80. The van der Waals surface area contributed by atoms with E-state index in [1.54, 1.807) is 11.3 Å². The second-order valence-corrected chi connectivity index (χ2v) is 10.1. The van der Waals surface area contributed by atoms with Gasteiger partial charge in [-0.1, -0.05) is 50.5 Å². The average molecular weight is 488 g/mol. The molecule has 180 valence electrons. The van der Waals surface area contributed by atoms with E-state index in [0.29, 0.717) is 17.8 Å². The minimum Gasteiger partial charge on any atom is -0.494 e. The number of H-pyrrole nitrogens is 1. The highest BCUT2D eigenvalue weighted by Gasteiger charge is 2.39. The molecule has 0 spiro atoms. The zero-order valence-electron chi connectivity index (χ0n) is 20.0. The van der Waals surface area contributed by atoms with Crippen molar-refractivity contribution in [2.24, 2.45) is 0 Å². The number of benzene rings is 2. The zero-order chi connectivity index (χ0) is 24.3. The summed E-state index contributed by atoms with van der Waals surface area (Å²) in [5, 5.41) is 12.1. The molecule has 0 bridgehead atoms. The number of nitrogens with zero attached hydrogens (tertiary/aromatic N) is 3. The van der Waals surface area contributed by atoms with Crippen LogP contribution in [-0.2, 0) is 10.3 Å². The highest BCUT2D eigenvalue weighted by Crippen LogP contribution is 2.43. The molecule has 1 atom stereocenters. The second-order valence-electron chi connectivity index (χ2n) is 9.07. The molecule has 3 heterocycles. The van der Waals surface area contributed by atoms with Gasteiger partial charge >= 0.3 is 0 Å². The Morgan fingerprint density at radius 1 is 1.09 bits per heavy atom. The smallest absolute Gasteiger partial charge is 0.256 e. The third-order valence-electron chi connectivity index (χ3n) is 6.41. The number of ether oxygens (including phenoxy) is 1. The molecule has 2 N–H and O–H groups in total. The number of carbonyl (C=O) groups is 1. The van der Waals surface area contributed by atoms with Crippen LogP contribution in [0.2, 0.25) is 0 Å². The third-order valence-corrected chi connectivity index (χ3v) is 7.51. The maximum absolute atomic E-state index is 13.5. The summed E-state index contributed by atoms with van der Waals surface area (Å²) in [6, 6.07) is 16.1. The van der Waals surface area contributed by atoms with Gasteiger partial charge in [-0.15, -0.1) is 21.5 Å². The summed E-state index contributed by atoms with van der Waals surface area (Å²) in [4.78, 5) is 21.3. The van der Waals surface area contributed by atoms with E-state index in [4.69, 9.17) is 9.72 Å². The first kappa shape index (κ1) is 23.2. The van der Waals surface area contributed by atoms with Gasteiger partial charge in [0.2, 0.25) is 0 Å². The molecule has 0 saturated carbocycles. The molecular weight excluding hydrogens is 458 g/mol. The van der Waals surface area contributed by atoms with Gasteiger partial charge in [-0.3, -0.25) is 4.79 Å². The molecule has 1 aliphatic rings. The van der Waals surface area contributed by atoms with Gasteiger partial charge < -0.3 is 15.0 Å². The Balaban J connectivity index is 1.45. The van der Waals surface area contributed by atoms with E-state index < -0.39 is 5.54 Å². The summed E-state index contributed by atoms with van der Waals surface area (Å²) in [5.41, 5.74) is 2.69. The van der Waals surface area contributed by atoms with Crippen molar-refractivity contribution in [1.82, 2.24) is 25.5 Å². The molecular formula is C27H29N5O2S. The summed E-state index contributed by atoms with van der Waals surface area (Å²) >= 11 is 1.59. The zero-order valence-corrected chi connectivity index (χ0v) is 20.8. The Morgan fingerprint density at radius 2 is 1.91 bits per heavy atom. The molecule has 0 fully saturated rings. The van der Waals surface area contributed by atoms with Gasteiger partial charge in [0.05, 0.1) is 27.9 Å². The Labute approximate surface area is 208 Å². The van der Waals surface area contributed by atoms with Crippen LogP contribution in [0.3, 0.4) is 0 Å². The van der Waals surface area contributed by atoms with Crippen LogP contribution in [0, 0.1) is 0 Å². The van der Waals surface area contributed by atoms with Gasteiger partial charge in [-0.2, -0.15) is 0 Å². The number of hydrogen-bond donors (Lipinski definition) is 2. The fourth-order valence-electron chi connectivity index (χ4n) is 4.51. The molecule has 35 heavy (non-hydrogen) atoms. The Kier molecular flexibility index (Phi) is 6.63. The number of amides is 1. The molecule has 0 saturated heterocycles. The molecule has 4 aromatic rings. The lowest BCUT2D eigenvalue weighted by Crippen LogP contribution is -2.47. The first-order chi connectivity index (χ1) is 17.1. The van der Waals surface area contributed by atoms with E-state index in [-0.39, 0.29) is 5.91 Å². The quantitative estimate of drug-likeness (QED) is 0.295. The van der Waals surface area contributed by atoms with Crippen molar-refractivity contribution in [2.75, 3.05) is 6.61 Å². The van der Waals surface area contributed by atoms with Crippen molar-refractivity contribution in [3.8, 4) is 5.75 Å². The highest BCUT2D eigenvalue weighted by molar-refractivity contribution is 7.19. The number of aromatic nitrogens is 4. The number of carbonyl (C=O) groups excluding carboxylic acids is 1. The Morgan fingerprint density at radius 3 is 2.66 bits per heavy atom. The van der Waals surface area contributed by atoms with Crippen LogP contribution in [0.15, 0.2) is 54.9 Å². The number of unbranched alkanes of at least 4 members (excludes halogenated alkanes) is 3. The fourth-order valence-corrected chi connectivity index (χ4v) is 5.52. The van der Waals surface area contributed by atoms with Crippen LogP contribution >= 0.6 is 11.3 Å². The van der Waals surface area contributed by atoms with E-state index in [2.05, 4.69) is 34.3 Å². The monoisotopic (exact) mass is 487 g/mol. The summed E-state index contributed by atoms with van der Waals surface area (Å²) in [7, 11) is 0. The Bertz CT molecular complexity index is 1310.